The van der Waals surface area contributed by atoms with Crippen LogP contribution in [0, 0.1) is 6.92 Å². The van der Waals surface area contributed by atoms with Crippen LogP contribution in [0.5, 0.6) is 17.2 Å². The molecule has 0 aliphatic rings. The molecule has 8 heteroatoms. The number of benzene rings is 1. The van der Waals surface area contributed by atoms with Gasteiger partial charge in [0.15, 0.2) is 17.1 Å². The van der Waals surface area contributed by atoms with Crippen LogP contribution in [-0.4, -0.2) is 44.4 Å². The second-order valence-corrected chi connectivity index (χ2v) is 5.90. The van der Waals surface area contributed by atoms with E-state index in [1.807, 2.05) is 19.1 Å². The van der Waals surface area contributed by atoms with E-state index in [1.54, 1.807) is 12.1 Å². The molecule has 3 rings (SSSR count). The number of rotatable bonds is 6. The number of methoxy groups -OCH3 is 4. The van der Waals surface area contributed by atoms with Gasteiger partial charge in [-0.2, -0.15) is 0 Å². The van der Waals surface area contributed by atoms with E-state index in [1.165, 1.54) is 34.6 Å². The lowest BCUT2D eigenvalue weighted by atomic mass is 10.1. The van der Waals surface area contributed by atoms with Gasteiger partial charge in [-0.15, -0.1) is 0 Å². The summed E-state index contributed by atoms with van der Waals surface area (Å²) in [6.07, 6.45) is 1.45. The second kappa shape index (κ2) is 7.99. The molecule has 0 fully saturated rings. The molecule has 0 bridgehead atoms. The van der Waals surface area contributed by atoms with Gasteiger partial charge >= 0.3 is 5.97 Å². The van der Waals surface area contributed by atoms with Crippen LogP contribution in [0.25, 0.3) is 11.0 Å². The van der Waals surface area contributed by atoms with Crippen LogP contribution < -0.4 is 19.5 Å². The van der Waals surface area contributed by atoms with Crippen LogP contribution in [-0.2, 0) is 4.74 Å². The van der Waals surface area contributed by atoms with Gasteiger partial charge in [-0.25, -0.2) is 14.8 Å². The zero-order valence-corrected chi connectivity index (χ0v) is 16.3. The fourth-order valence-electron chi connectivity index (χ4n) is 2.87. The lowest BCUT2D eigenvalue weighted by Crippen LogP contribution is -2.08. The number of hydrogen-bond acceptors (Lipinski definition) is 8. The number of carbonyl (C=O) groups is 1. The molecule has 0 saturated heterocycles. The zero-order valence-electron chi connectivity index (χ0n) is 16.3. The average Bonchev–Trinajstić information content (AvgIpc) is 2.72. The summed E-state index contributed by atoms with van der Waals surface area (Å²) in [7, 11) is 5.93. The van der Waals surface area contributed by atoms with Crippen molar-refractivity contribution in [1.29, 1.82) is 0 Å². The predicted octanol–water partition coefficient (Wildman–Crippen LogP) is 3.49. The molecule has 0 atom stereocenters. The Bertz CT molecular complexity index is 1010. The van der Waals surface area contributed by atoms with Crippen molar-refractivity contribution in [3.05, 3.63) is 41.7 Å². The molecule has 28 heavy (non-hydrogen) atoms. The number of aromatic nitrogens is 2. The Labute approximate surface area is 162 Å². The molecular formula is C20H21N3O5. The van der Waals surface area contributed by atoms with Crippen LogP contribution in [0.3, 0.4) is 0 Å². The number of pyridine rings is 2. The first-order valence-corrected chi connectivity index (χ1v) is 8.44. The van der Waals surface area contributed by atoms with Crippen LogP contribution in [0.2, 0.25) is 0 Å². The minimum atomic E-state index is -0.509. The van der Waals surface area contributed by atoms with E-state index in [0.717, 1.165) is 5.69 Å². The standard InChI is InChI=1S/C20H21N3O5/c1-11-6-7-13-17(14(20(24)28-5)10-21-19(13)22-11)23-12-8-15(25-2)18(27-4)16(9-12)26-3/h6-10H,1-5H3,(H,21,22,23). The Hall–Kier alpha value is -3.55. The fourth-order valence-corrected chi connectivity index (χ4v) is 2.87. The Morgan fingerprint density at radius 1 is 1.00 bits per heavy atom. The number of ether oxygens (including phenoxy) is 4. The molecule has 146 valence electrons. The summed E-state index contributed by atoms with van der Waals surface area (Å²) in [6, 6.07) is 7.20. The van der Waals surface area contributed by atoms with Gasteiger partial charge < -0.3 is 24.3 Å². The molecule has 0 amide bonds. The number of hydrogen-bond donors (Lipinski definition) is 1. The van der Waals surface area contributed by atoms with E-state index < -0.39 is 5.97 Å². The van der Waals surface area contributed by atoms with Crippen molar-refractivity contribution in [1.82, 2.24) is 9.97 Å². The number of carbonyl (C=O) groups excluding carboxylic acids is 1. The summed E-state index contributed by atoms with van der Waals surface area (Å²) < 4.78 is 21.1. The lowest BCUT2D eigenvalue weighted by Gasteiger charge is -2.17. The molecular weight excluding hydrogens is 362 g/mol. The van der Waals surface area contributed by atoms with Crippen molar-refractivity contribution < 1.29 is 23.7 Å². The number of aryl methyl sites for hydroxylation is 1. The lowest BCUT2D eigenvalue weighted by molar-refractivity contribution is 0.0601. The first kappa shape index (κ1) is 19.2. The van der Waals surface area contributed by atoms with Gasteiger partial charge in [0, 0.05) is 35.1 Å². The van der Waals surface area contributed by atoms with Crippen molar-refractivity contribution in [3.8, 4) is 17.2 Å². The maximum absolute atomic E-state index is 12.3. The highest BCUT2D eigenvalue weighted by molar-refractivity contribution is 6.05. The maximum atomic E-state index is 12.3. The molecule has 8 nitrogen and oxygen atoms in total. The first-order chi connectivity index (χ1) is 13.5. The third-order valence-corrected chi connectivity index (χ3v) is 4.21. The smallest absolute Gasteiger partial charge is 0.341 e. The number of nitrogens with zero attached hydrogens (tertiary/aromatic N) is 2. The van der Waals surface area contributed by atoms with E-state index in [4.69, 9.17) is 18.9 Å². The number of anilines is 2. The first-order valence-electron chi connectivity index (χ1n) is 8.44. The summed E-state index contributed by atoms with van der Waals surface area (Å²) in [6.45, 7) is 1.88. The SMILES string of the molecule is COC(=O)c1cnc2nc(C)ccc2c1Nc1cc(OC)c(OC)c(OC)c1. The summed E-state index contributed by atoms with van der Waals surface area (Å²) in [5.74, 6) is 0.929. The van der Waals surface area contributed by atoms with Crippen LogP contribution in [0.4, 0.5) is 11.4 Å². The van der Waals surface area contributed by atoms with Crippen molar-refractivity contribution >= 4 is 28.4 Å². The van der Waals surface area contributed by atoms with Gasteiger partial charge in [0.05, 0.1) is 34.1 Å². The highest BCUT2D eigenvalue weighted by Gasteiger charge is 2.19. The highest BCUT2D eigenvalue weighted by atomic mass is 16.5. The van der Waals surface area contributed by atoms with Crippen LogP contribution >= 0.6 is 0 Å². The zero-order chi connectivity index (χ0) is 20.3. The summed E-state index contributed by atoms with van der Waals surface area (Å²) in [4.78, 5) is 21.0. The largest absolute Gasteiger partial charge is 0.493 e. The Morgan fingerprint density at radius 2 is 1.68 bits per heavy atom. The van der Waals surface area contributed by atoms with Crippen molar-refractivity contribution in [2.45, 2.75) is 6.92 Å². The third kappa shape index (κ3) is 3.48. The Balaban J connectivity index is 2.19. The average molecular weight is 383 g/mol. The third-order valence-electron chi connectivity index (χ3n) is 4.21. The fraction of sp³-hybridized carbons (Fsp3) is 0.250. The quantitative estimate of drug-likeness (QED) is 0.647. The molecule has 1 aromatic carbocycles. The number of nitrogens with one attached hydrogen (secondary N) is 1. The monoisotopic (exact) mass is 383 g/mol. The predicted molar refractivity (Wildman–Crippen MR) is 105 cm³/mol. The second-order valence-electron chi connectivity index (χ2n) is 5.90. The number of fused-ring (bicyclic) bond motifs is 1. The molecule has 0 aliphatic carbocycles. The van der Waals surface area contributed by atoms with Crippen LogP contribution in [0.15, 0.2) is 30.5 Å². The molecule has 2 heterocycles. The molecule has 0 aliphatic heterocycles. The summed E-state index contributed by atoms with van der Waals surface area (Å²) in [5, 5.41) is 3.94. The van der Waals surface area contributed by atoms with E-state index >= 15 is 0 Å². The van der Waals surface area contributed by atoms with E-state index in [-0.39, 0.29) is 5.56 Å². The topological polar surface area (TPSA) is 91.8 Å². The van der Waals surface area contributed by atoms with E-state index in [9.17, 15) is 4.79 Å². The Morgan fingerprint density at radius 3 is 2.25 bits per heavy atom. The highest BCUT2D eigenvalue weighted by Crippen LogP contribution is 2.41. The van der Waals surface area contributed by atoms with Gasteiger partial charge in [0.2, 0.25) is 5.75 Å². The van der Waals surface area contributed by atoms with E-state index in [2.05, 4.69) is 15.3 Å². The van der Waals surface area contributed by atoms with E-state index in [0.29, 0.717) is 39.7 Å². The van der Waals surface area contributed by atoms with Crippen LogP contribution in [0.1, 0.15) is 16.1 Å². The summed E-state index contributed by atoms with van der Waals surface area (Å²) >= 11 is 0. The minimum Gasteiger partial charge on any atom is -0.493 e. The van der Waals surface area contributed by atoms with Gasteiger partial charge in [-0.1, -0.05) is 0 Å². The van der Waals surface area contributed by atoms with Gasteiger partial charge in [0.1, 0.15) is 5.56 Å². The van der Waals surface area contributed by atoms with Crippen molar-refractivity contribution in [2.75, 3.05) is 33.8 Å². The van der Waals surface area contributed by atoms with Crippen molar-refractivity contribution in [3.63, 3.8) is 0 Å². The summed E-state index contributed by atoms with van der Waals surface area (Å²) in [5.41, 5.74) is 2.79. The van der Waals surface area contributed by atoms with Gasteiger partial charge in [0.25, 0.3) is 0 Å². The van der Waals surface area contributed by atoms with Gasteiger partial charge in [-0.3, -0.25) is 0 Å². The maximum Gasteiger partial charge on any atom is 0.341 e. The molecule has 0 unspecified atom stereocenters. The molecule has 1 N–H and O–H groups in total. The molecule has 0 radical (unpaired) electrons. The Kier molecular flexibility index (Phi) is 5.49. The molecule has 2 aromatic heterocycles. The molecule has 0 saturated carbocycles. The van der Waals surface area contributed by atoms with Gasteiger partial charge in [-0.05, 0) is 19.1 Å². The number of esters is 1. The molecule has 0 spiro atoms. The molecule has 3 aromatic rings. The normalized spacial score (nSPS) is 10.5. The minimum absolute atomic E-state index is 0.286. The van der Waals surface area contributed by atoms with Crippen molar-refractivity contribution in [2.24, 2.45) is 0 Å².